The monoisotopic (exact) mass is 206 g/mol. The number of rotatable bonds is 2. The molecule has 0 aliphatic rings. The fourth-order valence-electron chi connectivity index (χ4n) is 0.489. The number of guanidine groups is 1. The second-order valence-corrected chi connectivity index (χ2v) is 3.06. The van der Waals surface area contributed by atoms with Crippen LogP contribution in [0.4, 0.5) is 5.95 Å². The summed E-state index contributed by atoms with van der Waals surface area (Å²) in [6, 6.07) is 0. The standard InChI is InChI=1S/C2H6N8O2S/c3-1(8-13(4,11)12)5-2-6-9-10-7-2/h(H2,4,11,12)(H4,3,5,6,7,8,9,10). The Labute approximate surface area is 72.6 Å². The lowest BCUT2D eigenvalue weighted by Crippen LogP contribution is -2.26. The van der Waals surface area contributed by atoms with Gasteiger partial charge in [-0.2, -0.15) is 13.6 Å². The predicted octanol–water partition coefficient (Wildman–Crippen LogP) is -2.87. The maximum atomic E-state index is 10.4. The number of hydrogen-bond acceptors (Lipinski definition) is 5. The minimum atomic E-state index is -4.01. The SMILES string of the molecule is NC(=NS(N)(=O)=O)Nc1nn[nH]n1. The molecule has 0 aliphatic carbocycles. The zero-order valence-electron chi connectivity index (χ0n) is 6.17. The van der Waals surface area contributed by atoms with Crippen LogP contribution in [0.1, 0.15) is 0 Å². The first kappa shape index (κ1) is 9.34. The Hall–Kier alpha value is -1.75. The second-order valence-electron chi connectivity index (χ2n) is 1.85. The molecule has 0 aliphatic heterocycles. The molecule has 0 saturated heterocycles. The number of nitrogens with one attached hydrogen (secondary N) is 2. The zero-order valence-corrected chi connectivity index (χ0v) is 6.98. The summed E-state index contributed by atoms with van der Waals surface area (Å²) in [5.74, 6) is -0.450. The molecule has 0 amide bonds. The number of aromatic amines is 1. The van der Waals surface area contributed by atoms with Crippen LogP contribution in [0.2, 0.25) is 0 Å². The van der Waals surface area contributed by atoms with E-state index in [1.165, 1.54) is 0 Å². The second kappa shape index (κ2) is 3.32. The van der Waals surface area contributed by atoms with Crippen molar-refractivity contribution in [3.8, 4) is 0 Å². The Bertz CT molecular complexity index is 390. The molecule has 13 heavy (non-hydrogen) atoms. The molecule has 10 nitrogen and oxygen atoms in total. The Morgan fingerprint density at radius 2 is 2.31 bits per heavy atom. The van der Waals surface area contributed by atoms with Gasteiger partial charge in [0.25, 0.3) is 5.95 Å². The lowest BCUT2D eigenvalue weighted by atomic mass is 10.9. The lowest BCUT2D eigenvalue weighted by molar-refractivity contribution is 0.599. The van der Waals surface area contributed by atoms with E-state index in [2.05, 4.69) is 35.5 Å². The maximum absolute atomic E-state index is 10.4. The van der Waals surface area contributed by atoms with Crippen LogP contribution >= 0.6 is 0 Å². The first-order valence-corrected chi connectivity index (χ1v) is 4.36. The minimum absolute atomic E-state index is 0.00935. The van der Waals surface area contributed by atoms with Gasteiger partial charge in [-0.25, -0.2) is 5.14 Å². The molecular formula is C2H6N8O2S. The van der Waals surface area contributed by atoms with E-state index in [1.54, 1.807) is 0 Å². The molecule has 0 unspecified atom stereocenters. The van der Waals surface area contributed by atoms with E-state index in [-0.39, 0.29) is 5.95 Å². The lowest BCUT2D eigenvalue weighted by Gasteiger charge is -1.96. The third-order valence-corrected chi connectivity index (χ3v) is 1.26. The molecule has 6 N–H and O–H groups in total. The van der Waals surface area contributed by atoms with Crippen molar-refractivity contribution in [2.75, 3.05) is 5.32 Å². The normalized spacial score (nSPS) is 12.8. The molecule has 72 valence electrons. The summed E-state index contributed by atoms with van der Waals surface area (Å²) in [6.07, 6.45) is 0. The van der Waals surface area contributed by atoms with Gasteiger partial charge >= 0.3 is 10.2 Å². The van der Waals surface area contributed by atoms with E-state index in [9.17, 15) is 8.42 Å². The van der Waals surface area contributed by atoms with Crippen LogP contribution in [0.15, 0.2) is 4.40 Å². The number of anilines is 1. The molecular weight excluding hydrogens is 200 g/mol. The summed E-state index contributed by atoms with van der Waals surface area (Å²) < 4.78 is 23.6. The summed E-state index contributed by atoms with van der Waals surface area (Å²) >= 11 is 0. The van der Waals surface area contributed by atoms with Gasteiger partial charge in [-0.3, -0.25) is 5.32 Å². The van der Waals surface area contributed by atoms with Crippen LogP contribution in [0.25, 0.3) is 0 Å². The van der Waals surface area contributed by atoms with Crippen LogP contribution in [-0.4, -0.2) is 35.0 Å². The maximum Gasteiger partial charge on any atom is 0.320 e. The number of nitrogens with two attached hydrogens (primary N) is 2. The first-order valence-electron chi connectivity index (χ1n) is 2.86. The summed E-state index contributed by atoms with van der Waals surface area (Å²) in [5, 5.41) is 19.0. The van der Waals surface area contributed by atoms with Crippen molar-refractivity contribution in [1.29, 1.82) is 0 Å². The average molecular weight is 206 g/mol. The van der Waals surface area contributed by atoms with Crippen LogP contribution in [0, 0.1) is 0 Å². The van der Waals surface area contributed by atoms with Crippen molar-refractivity contribution in [3.05, 3.63) is 0 Å². The van der Waals surface area contributed by atoms with E-state index in [4.69, 9.17) is 5.73 Å². The van der Waals surface area contributed by atoms with Crippen molar-refractivity contribution >= 4 is 22.1 Å². The molecule has 0 bridgehead atoms. The summed E-state index contributed by atoms with van der Waals surface area (Å²) in [4.78, 5) is 0. The van der Waals surface area contributed by atoms with E-state index in [0.717, 1.165) is 0 Å². The highest BCUT2D eigenvalue weighted by Gasteiger charge is 2.03. The first-order chi connectivity index (χ1) is 5.97. The van der Waals surface area contributed by atoms with Crippen LogP contribution in [0.5, 0.6) is 0 Å². The van der Waals surface area contributed by atoms with Gasteiger partial charge in [0.05, 0.1) is 0 Å². The van der Waals surface area contributed by atoms with Gasteiger partial charge in [-0.05, 0) is 5.21 Å². The molecule has 1 aromatic rings. The molecule has 0 saturated carbocycles. The molecule has 0 radical (unpaired) electrons. The van der Waals surface area contributed by atoms with E-state index < -0.39 is 16.2 Å². The number of hydrogen-bond donors (Lipinski definition) is 4. The molecule has 1 rings (SSSR count). The molecule has 0 atom stereocenters. The van der Waals surface area contributed by atoms with Crippen LogP contribution in [-0.2, 0) is 10.2 Å². The minimum Gasteiger partial charge on any atom is -0.369 e. The Kier molecular flexibility index (Phi) is 2.39. The highest BCUT2D eigenvalue weighted by molar-refractivity contribution is 7.88. The van der Waals surface area contributed by atoms with Gasteiger partial charge in [0.1, 0.15) is 0 Å². The van der Waals surface area contributed by atoms with Gasteiger partial charge in [-0.1, -0.05) is 5.10 Å². The molecule has 0 fully saturated rings. The van der Waals surface area contributed by atoms with Crippen LogP contribution in [0.3, 0.4) is 0 Å². The number of aromatic nitrogens is 4. The number of tetrazole rings is 1. The van der Waals surface area contributed by atoms with E-state index >= 15 is 0 Å². The third kappa shape index (κ3) is 3.44. The molecule has 0 spiro atoms. The fraction of sp³-hybridized carbons (Fsp3) is 0. The molecule has 0 aromatic carbocycles. The zero-order chi connectivity index (χ0) is 9.90. The van der Waals surface area contributed by atoms with Crippen molar-refractivity contribution in [2.45, 2.75) is 0 Å². The quantitative estimate of drug-likeness (QED) is 0.298. The van der Waals surface area contributed by atoms with Crippen molar-refractivity contribution in [2.24, 2.45) is 15.3 Å². The molecule has 1 heterocycles. The molecule has 11 heteroatoms. The van der Waals surface area contributed by atoms with Crippen molar-refractivity contribution in [3.63, 3.8) is 0 Å². The number of nitrogens with zero attached hydrogens (tertiary/aromatic N) is 4. The largest absolute Gasteiger partial charge is 0.369 e. The third-order valence-electron chi connectivity index (χ3n) is 0.811. The Balaban J connectivity index is 2.72. The summed E-state index contributed by atoms with van der Waals surface area (Å²) in [7, 11) is -4.01. The van der Waals surface area contributed by atoms with Gasteiger partial charge in [0, 0.05) is 0 Å². The smallest absolute Gasteiger partial charge is 0.320 e. The number of H-pyrrole nitrogens is 1. The predicted molar refractivity (Wildman–Crippen MR) is 42.5 cm³/mol. The Morgan fingerprint density at radius 1 is 1.62 bits per heavy atom. The Morgan fingerprint density at radius 3 is 2.77 bits per heavy atom. The average Bonchev–Trinajstić information content (AvgIpc) is 2.34. The van der Waals surface area contributed by atoms with Crippen molar-refractivity contribution in [1.82, 2.24) is 20.6 Å². The van der Waals surface area contributed by atoms with Gasteiger partial charge in [0.2, 0.25) is 5.96 Å². The topological polar surface area (TPSA) is 165 Å². The van der Waals surface area contributed by atoms with Gasteiger partial charge in [-0.15, -0.1) is 9.50 Å². The summed E-state index contributed by atoms with van der Waals surface area (Å²) in [5.41, 5.74) is 5.11. The van der Waals surface area contributed by atoms with Gasteiger partial charge < -0.3 is 5.73 Å². The van der Waals surface area contributed by atoms with E-state index in [1.807, 2.05) is 0 Å². The van der Waals surface area contributed by atoms with Crippen molar-refractivity contribution < 1.29 is 8.42 Å². The summed E-state index contributed by atoms with van der Waals surface area (Å²) in [6.45, 7) is 0. The van der Waals surface area contributed by atoms with Crippen LogP contribution < -0.4 is 16.2 Å². The van der Waals surface area contributed by atoms with E-state index in [0.29, 0.717) is 0 Å². The fourth-order valence-corrected chi connectivity index (χ4v) is 0.809. The highest BCUT2D eigenvalue weighted by Crippen LogP contribution is 1.89. The molecule has 1 aromatic heterocycles. The highest BCUT2D eigenvalue weighted by atomic mass is 32.2. The van der Waals surface area contributed by atoms with Gasteiger partial charge in [0.15, 0.2) is 0 Å².